The first-order valence-electron chi connectivity index (χ1n) is 9.68. The molecule has 2 aromatic carbocycles. The fraction of sp³-hybridized carbons (Fsp3) is 0.286. The van der Waals surface area contributed by atoms with Gasteiger partial charge in [-0.05, 0) is 62.1 Å². The lowest BCUT2D eigenvalue weighted by molar-refractivity contribution is -0.143. The first kappa shape index (κ1) is 20.8. The van der Waals surface area contributed by atoms with Gasteiger partial charge >= 0.3 is 6.18 Å². The number of nitrogens with zero attached hydrogens (tertiary/aromatic N) is 3. The second kappa shape index (κ2) is 8.37. The number of carbonyl (C=O) groups excluding carboxylic acids is 1. The van der Waals surface area contributed by atoms with Crippen LogP contribution in [-0.2, 0) is 6.18 Å². The molecule has 4 rings (SSSR count). The molecule has 1 amide bonds. The number of rotatable bonds is 5. The van der Waals surface area contributed by atoms with Crippen molar-refractivity contribution < 1.29 is 27.1 Å². The molecule has 0 saturated heterocycles. The largest absolute Gasteiger partial charge is 0.490 e. The molecule has 1 N–H and O–H groups in total. The van der Waals surface area contributed by atoms with E-state index < -0.39 is 29.3 Å². The van der Waals surface area contributed by atoms with Crippen molar-refractivity contribution in [2.45, 2.75) is 38.0 Å². The van der Waals surface area contributed by atoms with Crippen molar-refractivity contribution in [3.05, 3.63) is 65.7 Å². The summed E-state index contributed by atoms with van der Waals surface area (Å²) in [5.74, 6) is -1.16. The standard InChI is InChI=1S/C21H18F4N4O2/c22-13-8-10-15(11-9-13)29-19(21(23,24)25)18(27-28-29)20(30)26-14-4-3-7-17(12-14)31-16-5-1-2-6-16/h3-4,7-12,16H,1-2,5-6H2,(H,26,30). The number of anilines is 1. The van der Waals surface area contributed by atoms with Gasteiger partial charge in [0.2, 0.25) is 0 Å². The molecule has 10 heteroatoms. The number of nitrogens with one attached hydrogen (secondary N) is 1. The number of hydrogen-bond acceptors (Lipinski definition) is 4. The number of alkyl halides is 3. The van der Waals surface area contributed by atoms with Crippen LogP contribution in [0.25, 0.3) is 5.69 Å². The summed E-state index contributed by atoms with van der Waals surface area (Å²) in [5, 5.41) is 9.32. The molecular weight excluding hydrogens is 416 g/mol. The highest BCUT2D eigenvalue weighted by atomic mass is 19.4. The second-order valence-corrected chi connectivity index (χ2v) is 7.18. The highest BCUT2D eigenvalue weighted by Crippen LogP contribution is 2.33. The summed E-state index contributed by atoms with van der Waals surface area (Å²) in [5.41, 5.74) is -2.05. The maximum atomic E-state index is 13.7. The number of halogens is 4. The molecule has 0 unspecified atom stereocenters. The Hall–Kier alpha value is -3.43. The Balaban J connectivity index is 1.59. The summed E-state index contributed by atoms with van der Waals surface area (Å²) in [6, 6.07) is 10.7. The molecule has 3 aromatic rings. The van der Waals surface area contributed by atoms with E-state index in [0.717, 1.165) is 49.9 Å². The third-order valence-corrected chi connectivity index (χ3v) is 4.92. The third-order valence-electron chi connectivity index (χ3n) is 4.92. The predicted molar refractivity (Wildman–Crippen MR) is 104 cm³/mol. The summed E-state index contributed by atoms with van der Waals surface area (Å²) in [7, 11) is 0. The van der Waals surface area contributed by atoms with E-state index >= 15 is 0 Å². The molecular formula is C21H18F4N4O2. The lowest BCUT2D eigenvalue weighted by atomic mass is 10.2. The summed E-state index contributed by atoms with van der Waals surface area (Å²) in [4.78, 5) is 12.6. The maximum absolute atomic E-state index is 13.7. The van der Waals surface area contributed by atoms with Crippen molar-refractivity contribution in [3.63, 3.8) is 0 Å². The molecule has 1 aromatic heterocycles. The van der Waals surface area contributed by atoms with Crippen LogP contribution in [0.3, 0.4) is 0 Å². The van der Waals surface area contributed by atoms with Crippen molar-refractivity contribution in [1.29, 1.82) is 0 Å². The normalized spacial score (nSPS) is 14.6. The van der Waals surface area contributed by atoms with E-state index in [1.807, 2.05) is 0 Å². The van der Waals surface area contributed by atoms with Crippen LogP contribution in [-0.4, -0.2) is 27.0 Å². The van der Waals surface area contributed by atoms with E-state index in [1.54, 1.807) is 18.2 Å². The molecule has 1 heterocycles. The van der Waals surface area contributed by atoms with Gasteiger partial charge in [0.25, 0.3) is 5.91 Å². The van der Waals surface area contributed by atoms with Gasteiger partial charge in [-0.3, -0.25) is 4.79 Å². The van der Waals surface area contributed by atoms with Crippen molar-refractivity contribution in [2.75, 3.05) is 5.32 Å². The molecule has 0 bridgehead atoms. The molecule has 0 atom stereocenters. The van der Waals surface area contributed by atoms with Crippen LogP contribution in [0.5, 0.6) is 5.75 Å². The minimum absolute atomic E-state index is 0.0766. The average Bonchev–Trinajstić information content (AvgIpc) is 3.38. The Morgan fingerprint density at radius 1 is 1.10 bits per heavy atom. The van der Waals surface area contributed by atoms with E-state index in [9.17, 15) is 22.4 Å². The van der Waals surface area contributed by atoms with Crippen LogP contribution in [0.2, 0.25) is 0 Å². The lowest BCUT2D eigenvalue weighted by Crippen LogP contribution is -2.21. The number of carbonyl (C=O) groups is 1. The Morgan fingerprint density at radius 2 is 1.81 bits per heavy atom. The summed E-state index contributed by atoms with van der Waals surface area (Å²) in [6.45, 7) is 0. The van der Waals surface area contributed by atoms with Crippen LogP contribution in [0, 0.1) is 5.82 Å². The monoisotopic (exact) mass is 434 g/mol. The maximum Gasteiger partial charge on any atom is 0.435 e. The lowest BCUT2D eigenvalue weighted by Gasteiger charge is -2.14. The summed E-state index contributed by atoms with van der Waals surface area (Å²) >= 11 is 0. The van der Waals surface area contributed by atoms with E-state index in [4.69, 9.17) is 4.74 Å². The fourth-order valence-electron chi connectivity index (χ4n) is 3.49. The zero-order chi connectivity index (χ0) is 22.0. The smallest absolute Gasteiger partial charge is 0.435 e. The van der Waals surface area contributed by atoms with Crippen LogP contribution < -0.4 is 10.1 Å². The molecule has 1 saturated carbocycles. The summed E-state index contributed by atoms with van der Waals surface area (Å²) < 4.78 is 60.6. The summed E-state index contributed by atoms with van der Waals surface area (Å²) in [6.07, 6.45) is -0.761. The number of ether oxygens (including phenoxy) is 1. The molecule has 1 aliphatic rings. The molecule has 0 radical (unpaired) electrons. The Morgan fingerprint density at radius 3 is 2.48 bits per heavy atom. The highest BCUT2D eigenvalue weighted by molar-refractivity contribution is 6.03. The van der Waals surface area contributed by atoms with Crippen LogP contribution in [0.15, 0.2) is 48.5 Å². The Bertz CT molecular complexity index is 1070. The van der Waals surface area contributed by atoms with Gasteiger partial charge in [0.15, 0.2) is 11.4 Å². The van der Waals surface area contributed by atoms with Crippen LogP contribution >= 0.6 is 0 Å². The average molecular weight is 434 g/mol. The van der Waals surface area contributed by atoms with Gasteiger partial charge in [-0.15, -0.1) is 5.10 Å². The zero-order valence-corrected chi connectivity index (χ0v) is 16.2. The van der Waals surface area contributed by atoms with Gasteiger partial charge < -0.3 is 10.1 Å². The molecule has 1 aliphatic carbocycles. The minimum Gasteiger partial charge on any atom is -0.490 e. The first-order chi connectivity index (χ1) is 14.8. The fourth-order valence-corrected chi connectivity index (χ4v) is 3.49. The third kappa shape index (κ3) is 4.68. The number of aromatic nitrogens is 3. The highest BCUT2D eigenvalue weighted by Gasteiger charge is 2.42. The SMILES string of the molecule is O=C(Nc1cccc(OC2CCCC2)c1)c1nnn(-c2ccc(F)cc2)c1C(F)(F)F. The second-order valence-electron chi connectivity index (χ2n) is 7.18. The molecule has 0 aliphatic heterocycles. The predicted octanol–water partition coefficient (Wildman–Crippen LogP) is 5.00. The number of hydrogen-bond donors (Lipinski definition) is 1. The van der Waals surface area contributed by atoms with Crippen molar-refractivity contribution in [2.24, 2.45) is 0 Å². The van der Waals surface area contributed by atoms with Crippen LogP contribution in [0.1, 0.15) is 41.9 Å². The molecule has 31 heavy (non-hydrogen) atoms. The Kier molecular flexibility index (Phi) is 5.62. The quantitative estimate of drug-likeness (QED) is 0.574. The zero-order valence-electron chi connectivity index (χ0n) is 16.2. The van der Waals surface area contributed by atoms with Gasteiger partial charge in [0, 0.05) is 11.8 Å². The van der Waals surface area contributed by atoms with E-state index in [-0.39, 0.29) is 17.5 Å². The number of amides is 1. The van der Waals surface area contributed by atoms with Crippen molar-refractivity contribution in [1.82, 2.24) is 15.0 Å². The number of benzene rings is 2. The van der Waals surface area contributed by atoms with Gasteiger partial charge in [-0.25, -0.2) is 9.07 Å². The van der Waals surface area contributed by atoms with E-state index in [1.165, 1.54) is 6.07 Å². The van der Waals surface area contributed by atoms with Crippen molar-refractivity contribution in [3.8, 4) is 11.4 Å². The van der Waals surface area contributed by atoms with E-state index in [2.05, 4.69) is 15.6 Å². The first-order valence-corrected chi connectivity index (χ1v) is 9.68. The van der Waals surface area contributed by atoms with Crippen molar-refractivity contribution >= 4 is 11.6 Å². The van der Waals surface area contributed by atoms with Gasteiger partial charge in [-0.2, -0.15) is 13.2 Å². The molecule has 0 spiro atoms. The van der Waals surface area contributed by atoms with Gasteiger partial charge in [0.1, 0.15) is 11.6 Å². The van der Waals surface area contributed by atoms with Gasteiger partial charge in [0.05, 0.1) is 11.8 Å². The molecule has 162 valence electrons. The topological polar surface area (TPSA) is 69.0 Å². The Labute approximate surface area is 174 Å². The molecule has 1 fully saturated rings. The van der Waals surface area contributed by atoms with Gasteiger partial charge in [-0.1, -0.05) is 11.3 Å². The molecule has 6 nitrogen and oxygen atoms in total. The van der Waals surface area contributed by atoms with E-state index in [0.29, 0.717) is 10.4 Å². The minimum atomic E-state index is -4.92. The van der Waals surface area contributed by atoms with Crippen LogP contribution in [0.4, 0.5) is 23.2 Å².